The van der Waals surface area contributed by atoms with Gasteiger partial charge in [0.2, 0.25) is 0 Å². The molecule has 7 nitrogen and oxygen atoms in total. The van der Waals surface area contributed by atoms with Gasteiger partial charge in [0.1, 0.15) is 5.58 Å². The number of carbonyl (C=O) groups is 2. The maximum absolute atomic E-state index is 13.6. The van der Waals surface area contributed by atoms with E-state index >= 15 is 0 Å². The number of amides is 2. The number of rotatable bonds is 6. The van der Waals surface area contributed by atoms with Gasteiger partial charge in [0, 0.05) is 18.1 Å². The molecule has 2 aromatic carbocycles. The number of methoxy groups -OCH3 is 1. The quantitative estimate of drug-likeness (QED) is 0.636. The largest absolute Gasteiger partial charge is 0.478 e. The first kappa shape index (κ1) is 19.4. The molecular formula is C20H19FN2O5. The number of benzene rings is 2. The van der Waals surface area contributed by atoms with Crippen molar-refractivity contribution in [3.63, 3.8) is 0 Å². The first-order valence-electron chi connectivity index (χ1n) is 8.52. The third-order valence-electron chi connectivity index (χ3n) is 4.00. The first-order chi connectivity index (χ1) is 13.5. The minimum absolute atomic E-state index is 0.0334. The SMILES string of the molecule is COCc1c(C(=O)NNC(=O)C(C)Oc2ccccc2F)oc2ccccc12. The lowest BCUT2D eigenvalue weighted by molar-refractivity contribution is -0.128. The van der Waals surface area contributed by atoms with Crippen molar-refractivity contribution in [2.75, 3.05) is 7.11 Å². The smallest absolute Gasteiger partial charge is 0.305 e. The molecule has 8 heteroatoms. The third kappa shape index (κ3) is 4.12. The molecule has 2 amide bonds. The molecule has 0 bridgehead atoms. The van der Waals surface area contributed by atoms with Crippen molar-refractivity contribution in [1.29, 1.82) is 0 Å². The molecule has 28 heavy (non-hydrogen) atoms. The molecule has 0 aliphatic heterocycles. The van der Waals surface area contributed by atoms with E-state index in [1.54, 1.807) is 18.2 Å². The molecular weight excluding hydrogens is 367 g/mol. The highest BCUT2D eigenvalue weighted by Gasteiger charge is 2.22. The number of furan rings is 1. The van der Waals surface area contributed by atoms with E-state index < -0.39 is 23.7 Å². The van der Waals surface area contributed by atoms with Crippen LogP contribution in [0.4, 0.5) is 4.39 Å². The molecule has 0 aliphatic rings. The molecule has 0 radical (unpaired) electrons. The molecule has 2 N–H and O–H groups in total. The van der Waals surface area contributed by atoms with E-state index in [9.17, 15) is 14.0 Å². The Labute approximate surface area is 160 Å². The Morgan fingerprint density at radius 2 is 1.82 bits per heavy atom. The topological polar surface area (TPSA) is 89.8 Å². The summed E-state index contributed by atoms with van der Waals surface area (Å²) >= 11 is 0. The number of nitrogens with one attached hydrogen (secondary N) is 2. The van der Waals surface area contributed by atoms with Gasteiger partial charge in [0.05, 0.1) is 6.61 Å². The fourth-order valence-electron chi connectivity index (χ4n) is 2.63. The summed E-state index contributed by atoms with van der Waals surface area (Å²) in [5, 5.41) is 0.747. The molecule has 0 spiro atoms. The van der Waals surface area contributed by atoms with Crippen LogP contribution < -0.4 is 15.6 Å². The van der Waals surface area contributed by atoms with Gasteiger partial charge in [-0.05, 0) is 25.1 Å². The van der Waals surface area contributed by atoms with Crippen LogP contribution in [-0.4, -0.2) is 25.0 Å². The standard InChI is InChI=1S/C20H19FN2O5/c1-12(27-17-10-6-4-8-15(17)21)19(24)22-23-20(25)18-14(11-26-2)13-7-3-5-9-16(13)28-18/h3-10,12H,11H2,1-2H3,(H,22,24)(H,23,25). The Balaban J connectivity index is 1.66. The molecule has 0 saturated carbocycles. The molecule has 146 valence electrons. The number of halogens is 1. The fourth-order valence-corrected chi connectivity index (χ4v) is 2.63. The Bertz CT molecular complexity index is 1000. The van der Waals surface area contributed by atoms with Gasteiger partial charge in [-0.25, -0.2) is 4.39 Å². The van der Waals surface area contributed by atoms with Crippen molar-refractivity contribution >= 4 is 22.8 Å². The summed E-state index contributed by atoms with van der Waals surface area (Å²) in [5.74, 6) is -1.91. The molecule has 0 saturated heterocycles. The van der Waals surface area contributed by atoms with E-state index in [0.29, 0.717) is 11.1 Å². The lowest BCUT2D eigenvalue weighted by atomic mass is 10.1. The maximum Gasteiger partial charge on any atom is 0.305 e. The summed E-state index contributed by atoms with van der Waals surface area (Å²) in [6.45, 7) is 1.60. The van der Waals surface area contributed by atoms with E-state index in [4.69, 9.17) is 13.9 Å². The van der Waals surface area contributed by atoms with Crippen LogP contribution in [-0.2, 0) is 16.1 Å². The van der Waals surface area contributed by atoms with Crippen LogP contribution in [0.2, 0.25) is 0 Å². The number of para-hydroxylation sites is 2. The van der Waals surface area contributed by atoms with Crippen molar-refractivity contribution in [3.8, 4) is 5.75 Å². The van der Waals surface area contributed by atoms with E-state index in [1.165, 1.54) is 32.2 Å². The van der Waals surface area contributed by atoms with Gasteiger partial charge in [0.15, 0.2) is 23.4 Å². The second-order valence-electron chi connectivity index (χ2n) is 5.97. The van der Waals surface area contributed by atoms with Crippen LogP contribution in [0.3, 0.4) is 0 Å². The van der Waals surface area contributed by atoms with Crippen molar-refractivity contribution in [2.24, 2.45) is 0 Å². The normalized spacial score (nSPS) is 11.8. The Hall–Kier alpha value is -3.39. The molecule has 0 fully saturated rings. The zero-order valence-corrected chi connectivity index (χ0v) is 15.3. The van der Waals surface area contributed by atoms with Crippen molar-refractivity contribution in [2.45, 2.75) is 19.6 Å². The highest BCUT2D eigenvalue weighted by atomic mass is 19.1. The Morgan fingerprint density at radius 3 is 2.57 bits per heavy atom. The van der Waals surface area contributed by atoms with E-state index in [2.05, 4.69) is 10.9 Å². The molecule has 3 rings (SSSR count). The second-order valence-corrected chi connectivity index (χ2v) is 5.97. The monoisotopic (exact) mass is 386 g/mol. The molecule has 3 aromatic rings. The van der Waals surface area contributed by atoms with Gasteiger partial charge in [-0.1, -0.05) is 30.3 Å². The Morgan fingerprint density at radius 1 is 1.11 bits per heavy atom. The molecule has 1 atom stereocenters. The lowest BCUT2D eigenvalue weighted by Crippen LogP contribution is -2.47. The van der Waals surface area contributed by atoms with Crippen molar-refractivity contribution in [1.82, 2.24) is 10.9 Å². The second kappa shape index (κ2) is 8.53. The number of hydrogen-bond acceptors (Lipinski definition) is 5. The number of ether oxygens (including phenoxy) is 2. The first-order valence-corrected chi connectivity index (χ1v) is 8.52. The predicted molar refractivity (Wildman–Crippen MR) is 99.0 cm³/mol. The summed E-state index contributed by atoms with van der Waals surface area (Å²) < 4.78 is 29.6. The van der Waals surface area contributed by atoms with Crippen LogP contribution in [0.25, 0.3) is 11.0 Å². The fraction of sp³-hybridized carbons (Fsp3) is 0.200. The van der Waals surface area contributed by atoms with Crippen LogP contribution in [0.15, 0.2) is 52.9 Å². The van der Waals surface area contributed by atoms with E-state index in [0.717, 1.165) is 5.39 Å². The third-order valence-corrected chi connectivity index (χ3v) is 4.00. The predicted octanol–water partition coefficient (Wildman–Crippen LogP) is 2.95. The average molecular weight is 386 g/mol. The number of hydrogen-bond donors (Lipinski definition) is 2. The molecule has 1 heterocycles. The lowest BCUT2D eigenvalue weighted by Gasteiger charge is -2.15. The zero-order chi connectivity index (χ0) is 20.1. The van der Waals surface area contributed by atoms with Gasteiger partial charge >= 0.3 is 5.91 Å². The summed E-state index contributed by atoms with van der Waals surface area (Å²) in [6.07, 6.45) is -1.04. The van der Waals surface area contributed by atoms with Gasteiger partial charge < -0.3 is 13.9 Å². The minimum Gasteiger partial charge on any atom is -0.478 e. The van der Waals surface area contributed by atoms with E-state index in [1.807, 2.05) is 12.1 Å². The molecule has 1 unspecified atom stereocenters. The summed E-state index contributed by atoms with van der Waals surface area (Å²) in [5.41, 5.74) is 5.63. The highest BCUT2D eigenvalue weighted by molar-refractivity contribution is 5.99. The van der Waals surface area contributed by atoms with Gasteiger partial charge in [-0.15, -0.1) is 0 Å². The molecule has 1 aromatic heterocycles. The van der Waals surface area contributed by atoms with Crippen LogP contribution in [0.1, 0.15) is 23.0 Å². The molecule has 0 aliphatic carbocycles. The summed E-state index contributed by atoms with van der Waals surface area (Å²) in [7, 11) is 1.51. The zero-order valence-electron chi connectivity index (χ0n) is 15.3. The number of carbonyl (C=O) groups excluding carboxylic acids is 2. The van der Waals surface area contributed by atoms with E-state index in [-0.39, 0.29) is 18.1 Å². The maximum atomic E-state index is 13.6. The van der Waals surface area contributed by atoms with Gasteiger partial charge in [0.25, 0.3) is 5.91 Å². The Kier molecular flexibility index (Phi) is 5.90. The van der Waals surface area contributed by atoms with Crippen LogP contribution in [0, 0.1) is 5.82 Å². The van der Waals surface area contributed by atoms with Gasteiger partial charge in [-0.2, -0.15) is 0 Å². The van der Waals surface area contributed by atoms with Crippen molar-refractivity contribution in [3.05, 3.63) is 65.7 Å². The summed E-state index contributed by atoms with van der Waals surface area (Å²) in [4.78, 5) is 24.6. The average Bonchev–Trinajstić information content (AvgIpc) is 3.06. The summed E-state index contributed by atoms with van der Waals surface area (Å²) in [6, 6.07) is 12.9. The van der Waals surface area contributed by atoms with Crippen LogP contribution in [0.5, 0.6) is 5.75 Å². The van der Waals surface area contributed by atoms with Crippen molar-refractivity contribution < 1.29 is 27.9 Å². The number of fused-ring (bicyclic) bond motifs is 1. The number of hydrazine groups is 1. The van der Waals surface area contributed by atoms with Crippen LogP contribution >= 0.6 is 0 Å². The van der Waals surface area contributed by atoms with Gasteiger partial charge in [-0.3, -0.25) is 20.4 Å². The minimum atomic E-state index is -1.04. The highest BCUT2D eigenvalue weighted by Crippen LogP contribution is 2.26.